The number of benzene rings is 1. The Bertz CT molecular complexity index is 480. The van der Waals surface area contributed by atoms with E-state index in [1.54, 1.807) is 0 Å². The monoisotopic (exact) mass is 231 g/mol. The molecule has 0 aliphatic carbocycles. The van der Waals surface area contributed by atoms with Crippen LogP contribution in [0.3, 0.4) is 0 Å². The van der Waals surface area contributed by atoms with Crippen LogP contribution in [0.5, 0.6) is 0 Å². The number of hydrogen-bond acceptors (Lipinski definition) is 3. The van der Waals surface area contributed by atoms with E-state index >= 15 is 0 Å². The zero-order valence-electron chi connectivity index (χ0n) is 10.2. The Balaban J connectivity index is 2.04. The van der Waals surface area contributed by atoms with Crippen LogP contribution in [0.25, 0.3) is 0 Å². The number of hydrogen-bond donors (Lipinski definition) is 2. The third-order valence-corrected chi connectivity index (χ3v) is 3.71. The molecule has 2 aliphatic rings. The van der Waals surface area contributed by atoms with Crippen LogP contribution in [-0.2, 0) is 4.79 Å². The van der Waals surface area contributed by atoms with Crippen LogP contribution in [-0.4, -0.2) is 31.6 Å². The zero-order valence-corrected chi connectivity index (χ0v) is 10.2. The number of anilines is 2. The fourth-order valence-electron chi connectivity index (χ4n) is 2.39. The summed E-state index contributed by atoms with van der Waals surface area (Å²) in [6, 6.07) is 4.71. The molecule has 0 radical (unpaired) electrons. The highest BCUT2D eigenvalue weighted by molar-refractivity contribution is 6.01. The second-order valence-electron chi connectivity index (χ2n) is 4.94. The Labute approximate surface area is 101 Å². The predicted octanol–water partition coefficient (Wildman–Crippen LogP) is 1.03. The first-order valence-corrected chi connectivity index (χ1v) is 6.03. The van der Waals surface area contributed by atoms with Crippen molar-refractivity contribution < 1.29 is 4.79 Å². The van der Waals surface area contributed by atoms with Crippen LogP contribution in [0.1, 0.15) is 11.1 Å². The molecule has 1 amide bonds. The number of carbonyl (C=O) groups excluding carboxylic acids is 1. The summed E-state index contributed by atoms with van der Waals surface area (Å²) in [5.74, 6) is 0.0904. The second-order valence-corrected chi connectivity index (χ2v) is 4.94. The summed E-state index contributed by atoms with van der Waals surface area (Å²) in [6.07, 6.45) is 0. The van der Waals surface area contributed by atoms with Crippen LogP contribution < -0.4 is 15.5 Å². The minimum absolute atomic E-state index is 0.0904. The van der Waals surface area contributed by atoms with Crippen LogP contribution in [0.15, 0.2) is 12.1 Å². The summed E-state index contributed by atoms with van der Waals surface area (Å²) >= 11 is 0. The Kier molecular flexibility index (Phi) is 2.33. The van der Waals surface area contributed by atoms with E-state index in [-0.39, 0.29) is 5.91 Å². The summed E-state index contributed by atoms with van der Waals surface area (Å²) < 4.78 is 0. The lowest BCUT2D eigenvalue weighted by molar-refractivity contribution is -0.115. The van der Waals surface area contributed by atoms with Gasteiger partial charge in [0.15, 0.2) is 0 Å². The molecule has 2 aliphatic heterocycles. The van der Waals surface area contributed by atoms with Gasteiger partial charge in [0.05, 0.1) is 24.0 Å². The minimum Gasteiger partial charge on any atom is -0.355 e. The van der Waals surface area contributed by atoms with Gasteiger partial charge in [-0.2, -0.15) is 0 Å². The number of nitrogens with zero attached hydrogens (tertiary/aromatic N) is 1. The van der Waals surface area contributed by atoms with Crippen molar-refractivity contribution in [1.82, 2.24) is 5.32 Å². The molecule has 0 atom stereocenters. The van der Waals surface area contributed by atoms with Gasteiger partial charge in [0.1, 0.15) is 0 Å². The maximum atomic E-state index is 11.7. The summed E-state index contributed by atoms with van der Waals surface area (Å²) in [7, 11) is 0. The highest BCUT2D eigenvalue weighted by atomic mass is 16.2. The fourth-order valence-corrected chi connectivity index (χ4v) is 2.39. The molecule has 1 saturated heterocycles. The molecule has 0 spiro atoms. The zero-order chi connectivity index (χ0) is 12.0. The highest BCUT2D eigenvalue weighted by Crippen LogP contribution is 2.33. The Morgan fingerprint density at radius 2 is 1.94 bits per heavy atom. The molecule has 4 nitrogen and oxygen atoms in total. The Hall–Kier alpha value is -1.55. The van der Waals surface area contributed by atoms with Gasteiger partial charge in [-0.25, -0.2) is 0 Å². The number of nitrogens with one attached hydrogen (secondary N) is 2. The molecular formula is C13H17N3O. The van der Waals surface area contributed by atoms with E-state index in [2.05, 4.69) is 41.5 Å². The van der Waals surface area contributed by atoms with Crippen LogP contribution >= 0.6 is 0 Å². The van der Waals surface area contributed by atoms with Gasteiger partial charge in [-0.1, -0.05) is 0 Å². The Morgan fingerprint density at radius 1 is 1.24 bits per heavy atom. The molecule has 0 aromatic heterocycles. The van der Waals surface area contributed by atoms with E-state index in [0.29, 0.717) is 12.6 Å². The number of fused-ring (bicyclic) bond motifs is 1. The summed E-state index contributed by atoms with van der Waals surface area (Å²) in [6.45, 7) is 6.61. The smallest absolute Gasteiger partial charge is 0.243 e. The molecule has 2 heterocycles. The lowest BCUT2D eigenvalue weighted by Crippen LogP contribution is -2.60. The average molecular weight is 231 g/mol. The molecule has 3 rings (SSSR count). The molecule has 0 saturated carbocycles. The maximum Gasteiger partial charge on any atom is 0.243 e. The van der Waals surface area contributed by atoms with Gasteiger partial charge in [0.2, 0.25) is 5.91 Å². The topological polar surface area (TPSA) is 44.4 Å². The average Bonchev–Trinajstić information content (AvgIpc) is 2.18. The van der Waals surface area contributed by atoms with Crippen molar-refractivity contribution in [2.75, 3.05) is 29.9 Å². The maximum absolute atomic E-state index is 11.7. The summed E-state index contributed by atoms with van der Waals surface area (Å²) in [4.78, 5) is 13.9. The molecule has 4 heteroatoms. The van der Waals surface area contributed by atoms with Crippen LogP contribution in [0.2, 0.25) is 0 Å². The van der Waals surface area contributed by atoms with Crippen molar-refractivity contribution in [3.8, 4) is 0 Å². The molecule has 0 bridgehead atoms. The molecule has 1 fully saturated rings. The quantitative estimate of drug-likeness (QED) is 0.759. The summed E-state index contributed by atoms with van der Waals surface area (Å²) in [5.41, 5.74) is 4.62. The van der Waals surface area contributed by atoms with Gasteiger partial charge >= 0.3 is 0 Å². The first kappa shape index (κ1) is 10.6. The molecule has 1 aromatic rings. The summed E-state index contributed by atoms with van der Waals surface area (Å²) in [5, 5.41) is 6.22. The standard InChI is InChI=1S/C13H17N3O/c1-8-3-11-12(4-9(8)2)16(7-13(17)15-11)10-5-14-6-10/h3-4,10,14H,5-7H2,1-2H3,(H,15,17). The van der Waals surface area contributed by atoms with Gasteiger partial charge in [-0.3, -0.25) is 4.79 Å². The second kappa shape index (κ2) is 3.74. The molecular weight excluding hydrogens is 214 g/mol. The lowest BCUT2D eigenvalue weighted by Gasteiger charge is -2.42. The number of rotatable bonds is 1. The van der Waals surface area contributed by atoms with E-state index in [4.69, 9.17) is 0 Å². The number of aryl methyl sites for hydroxylation is 2. The number of amides is 1. The first-order chi connectivity index (χ1) is 8.15. The van der Waals surface area contributed by atoms with Crippen molar-refractivity contribution >= 4 is 17.3 Å². The predicted molar refractivity (Wildman–Crippen MR) is 68.5 cm³/mol. The SMILES string of the molecule is Cc1cc2c(cc1C)N(C1CNC1)CC(=O)N2. The van der Waals surface area contributed by atoms with Crippen molar-refractivity contribution in [2.45, 2.75) is 19.9 Å². The molecule has 2 N–H and O–H groups in total. The molecule has 90 valence electrons. The Morgan fingerprint density at radius 3 is 2.59 bits per heavy atom. The third kappa shape index (κ3) is 1.69. The van der Waals surface area contributed by atoms with Crippen molar-refractivity contribution in [3.05, 3.63) is 23.3 Å². The largest absolute Gasteiger partial charge is 0.355 e. The molecule has 0 unspecified atom stereocenters. The highest BCUT2D eigenvalue weighted by Gasteiger charge is 2.31. The van der Waals surface area contributed by atoms with E-state index in [9.17, 15) is 4.79 Å². The van der Waals surface area contributed by atoms with E-state index in [0.717, 1.165) is 18.8 Å². The fraction of sp³-hybridized carbons (Fsp3) is 0.462. The first-order valence-electron chi connectivity index (χ1n) is 6.03. The van der Waals surface area contributed by atoms with Crippen molar-refractivity contribution in [1.29, 1.82) is 0 Å². The van der Waals surface area contributed by atoms with Gasteiger partial charge in [-0.15, -0.1) is 0 Å². The molecule has 17 heavy (non-hydrogen) atoms. The lowest BCUT2D eigenvalue weighted by atomic mass is 10.0. The third-order valence-electron chi connectivity index (χ3n) is 3.71. The van der Waals surface area contributed by atoms with E-state index in [1.807, 2.05) is 0 Å². The van der Waals surface area contributed by atoms with Gasteiger partial charge in [0.25, 0.3) is 0 Å². The molecule has 1 aromatic carbocycles. The van der Waals surface area contributed by atoms with Crippen molar-refractivity contribution in [2.24, 2.45) is 0 Å². The van der Waals surface area contributed by atoms with Gasteiger partial charge < -0.3 is 15.5 Å². The minimum atomic E-state index is 0.0904. The van der Waals surface area contributed by atoms with Gasteiger partial charge in [0, 0.05) is 13.1 Å². The van der Waals surface area contributed by atoms with Gasteiger partial charge in [-0.05, 0) is 37.1 Å². The van der Waals surface area contributed by atoms with Crippen molar-refractivity contribution in [3.63, 3.8) is 0 Å². The number of carbonyl (C=O) groups is 1. The van der Waals surface area contributed by atoms with E-state index in [1.165, 1.54) is 16.8 Å². The normalized spacial score (nSPS) is 19.6. The van der Waals surface area contributed by atoms with Crippen LogP contribution in [0, 0.1) is 13.8 Å². The van der Waals surface area contributed by atoms with E-state index < -0.39 is 0 Å². The van der Waals surface area contributed by atoms with Crippen LogP contribution in [0.4, 0.5) is 11.4 Å².